The van der Waals surface area contributed by atoms with Gasteiger partial charge in [-0.1, -0.05) is 132 Å². The summed E-state index contributed by atoms with van der Waals surface area (Å²) in [6.45, 7) is 17.6. The molecule has 8 rings (SSSR count). The number of nitrogens with two attached hydrogens (primary N) is 1. The topological polar surface area (TPSA) is 202 Å². The molecule has 0 bridgehead atoms. The van der Waals surface area contributed by atoms with Crippen LogP contribution in [-0.4, -0.2) is 109 Å². The summed E-state index contributed by atoms with van der Waals surface area (Å²) < 4.78 is 40.4. The summed E-state index contributed by atoms with van der Waals surface area (Å²) in [5.41, 5.74) is 14.2. The molecule has 4 heterocycles. The lowest BCUT2D eigenvalue weighted by Crippen LogP contribution is -2.41. The number of aliphatic carboxylic acids is 1. The first-order chi connectivity index (χ1) is 38.2. The number of carboxylic acids is 1. The minimum Gasteiger partial charge on any atom is -0.475 e. The number of alkyl halides is 3. The molecule has 0 aliphatic carbocycles. The molecule has 16 nitrogen and oxygen atoms in total. The maximum atomic E-state index is 13.1. The second-order valence-electron chi connectivity index (χ2n) is 21.1. The van der Waals surface area contributed by atoms with Gasteiger partial charge < -0.3 is 40.7 Å². The van der Waals surface area contributed by atoms with Gasteiger partial charge >= 0.3 is 18.2 Å². The van der Waals surface area contributed by atoms with E-state index in [2.05, 4.69) is 110 Å². The Labute approximate surface area is 466 Å². The van der Waals surface area contributed by atoms with Crippen LogP contribution in [-0.2, 0) is 35.7 Å². The zero-order chi connectivity index (χ0) is 57.7. The van der Waals surface area contributed by atoms with Crippen molar-refractivity contribution < 1.29 is 32.6 Å². The number of ether oxygens (including phenoxy) is 1. The molecule has 2 aromatic heterocycles. The molecule has 4 aromatic carbocycles. The molecule has 0 spiro atoms. The Bertz CT molecular complexity index is 3070. The van der Waals surface area contributed by atoms with E-state index in [0.29, 0.717) is 37.8 Å². The largest absolute Gasteiger partial charge is 0.490 e. The summed E-state index contributed by atoms with van der Waals surface area (Å²) >= 11 is 0. The number of hydrogen-bond donors (Lipinski definition) is 5. The van der Waals surface area contributed by atoms with Crippen molar-refractivity contribution in [3.05, 3.63) is 199 Å². The second kappa shape index (κ2) is 29.9. The predicted octanol–water partition coefficient (Wildman–Crippen LogP) is 9.66. The van der Waals surface area contributed by atoms with Gasteiger partial charge in [0.2, 0.25) is 0 Å². The number of aromatic nitrogens is 4. The van der Waals surface area contributed by atoms with E-state index < -0.39 is 23.8 Å². The molecule has 2 aliphatic rings. The van der Waals surface area contributed by atoms with Crippen LogP contribution in [0.3, 0.4) is 0 Å². The van der Waals surface area contributed by atoms with Gasteiger partial charge in [0.1, 0.15) is 5.60 Å². The number of nitrogens with zero attached hydrogens (tertiary/aromatic N) is 6. The van der Waals surface area contributed by atoms with E-state index in [-0.39, 0.29) is 23.2 Å². The van der Waals surface area contributed by atoms with Crippen molar-refractivity contribution in [3.8, 4) is 0 Å². The van der Waals surface area contributed by atoms with Crippen molar-refractivity contribution in [2.24, 2.45) is 5.73 Å². The van der Waals surface area contributed by atoms with Crippen LogP contribution in [0.2, 0.25) is 0 Å². The third kappa shape index (κ3) is 21.1. The van der Waals surface area contributed by atoms with E-state index >= 15 is 0 Å². The number of hydrogen-bond acceptors (Lipinski definition) is 12. The number of amides is 1. The molecule has 19 heteroatoms. The highest BCUT2D eigenvalue weighted by atomic mass is 19.4. The van der Waals surface area contributed by atoms with Crippen molar-refractivity contribution >= 4 is 35.9 Å². The van der Waals surface area contributed by atoms with Gasteiger partial charge in [-0.2, -0.15) is 13.2 Å². The fraction of sp³-hybridized carbons (Fsp3) is 0.377. The zero-order valence-corrected chi connectivity index (χ0v) is 46.3. The summed E-state index contributed by atoms with van der Waals surface area (Å²) in [5.74, 6) is -1.92. The maximum Gasteiger partial charge on any atom is 0.490 e. The average molecular weight is 1100 g/mol. The normalized spacial score (nSPS) is 14.9. The van der Waals surface area contributed by atoms with E-state index in [1.165, 1.54) is 22.3 Å². The highest BCUT2D eigenvalue weighted by Gasteiger charge is 2.38. The van der Waals surface area contributed by atoms with Crippen LogP contribution in [0.15, 0.2) is 155 Å². The van der Waals surface area contributed by atoms with Crippen molar-refractivity contribution in [1.82, 2.24) is 34.2 Å². The number of carboxylic acid groups (broad SMARTS) is 1. The summed E-state index contributed by atoms with van der Waals surface area (Å²) in [4.78, 5) is 60.5. The van der Waals surface area contributed by atoms with E-state index in [1.807, 2.05) is 81.4 Å². The van der Waals surface area contributed by atoms with Gasteiger partial charge in [-0.05, 0) is 93.7 Å². The van der Waals surface area contributed by atoms with Crippen LogP contribution in [0.4, 0.5) is 29.6 Å². The van der Waals surface area contributed by atoms with Crippen LogP contribution in [0.1, 0.15) is 93.7 Å². The third-order valence-corrected chi connectivity index (χ3v) is 13.1. The first kappa shape index (κ1) is 61.3. The zero-order valence-electron chi connectivity index (χ0n) is 46.3. The molecule has 2 aliphatic heterocycles. The van der Waals surface area contributed by atoms with E-state index in [0.717, 1.165) is 87.2 Å². The molecule has 2 fully saturated rings. The summed E-state index contributed by atoms with van der Waals surface area (Å²) in [5, 5.41) is 16.7. The Hall–Kier alpha value is -7.87. The lowest BCUT2D eigenvalue weighted by Gasteiger charge is -2.32. The number of halogens is 3. The number of carbonyl (C=O) groups is 2. The van der Waals surface area contributed by atoms with Gasteiger partial charge in [0.25, 0.3) is 11.1 Å². The SMILES string of the molecule is C/C(=C\c1ccccc1)CN1CCC(Nc2nccn(Cc3ccc(CN)cc3)c2=O)CC1.C/C(=C\c1ccccc1)CN1CCC(Nc2nccn(Cc3ccc(CNC(=O)OC(C)(C)C)cc3)c2=O)CC1.O=C(O)C(F)(F)F. The smallest absolute Gasteiger partial charge is 0.475 e. The van der Waals surface area contributed by atoms with Gasteiger partial charge in [0.05, 0.1) is 13.1 Å². The molecule has 0 unspecified atom stereocenters. The minimum atomic E-state index is -5.08. The molecule has 1 amide bonds. The van der Waals surface area contributed by atoms with Gasteiger partial charge in [-0.3, -0.25) is 19.4 Å². The standard InChI is InChI=1S/C32H41N5O3.C27H33N5O.C2HF3O2/c1-24(20-25-8-6-5-7-9-25)22-36-17-14-28(15-18-36)35-29-30(38)37(19-16-33-29)23-27-12-10-26(11-13-27)21-34-31(39)40-32(2,3)4;1-21(17-22-5-3-2-4-6-22)19-31-14-11-25(12-15-31)30-26-27(33)32(16-13-29-26)20-24-9-7-23(18-28)8-10-24;3-2(4,5)1(6)7/h5-13,16,19-20,28H,14-15,17-18,21-23H2,1-4H3,(H,33,35)(H,34,39);2-10,13,16-17,25H,11-12,14-15,18-20,28H2,1H3,(H,29,30);(H,6,7)/b24-20+;21-17+;. The highest BCUT2D eigenvalue weighted by molar-refractivity contribution is 5.73. The van der Waals surface area contributed by atoms with Crippen LogP contribution in [0, 0.1) is 0 Å². The Kier molecular flexibility index (Phi) is 22.9. The van der Waals surface area contributed by atoms with E-state index in [1.54, 1.807) is 33.9 Å². The Morgan fingerprint density at radius 3 is 1.38 bits per heavy atom. The van der Waals surface area contributed by atoms with Crippen LogP contribution >= 0.6 is 0 Å². The Morgan fingerprint density at radius 1 is 0.637 bits per heavy atom. The number of benzene rings is 4. The lowest BCUT2D eigenvalue weighted by molar-refractivity contribution is -0.192. The summed E-state index contributed by atoms with van der Waals surface area (Å²) in [6, 6.07) is 37.2. The lowest BCUT2D eigenvalue weighted by atomic mass is 10.0. The van der Waals surface area contributed by atoms with Crippen molar-refractivity contribution in [1.29, 1.82) is 0 Å². The number of alkyl carbamates (subject to hydrolysis) is 1. The number of anilines is 2. The van der Waals surface area contributed by atoms with Crippen molar-refractivity contribution in [2.75, 3.05) is 49.9 Å². The fourth-order valence-electron chi connectivity index (χ4n) is 9.09. The number of piperidine rings is 2. The monoisotopic (exact) mass is 1100 g/mol. The van der Waals surface area contributed by atoms with Crippen LogP contribution in [0.25, 0.3) is 12.2 Å². The molecule has 6 aromatic rings. The van der Waals surface area contributed by atoms with Gasteiger partial charge in [-0.25, -0.2) is 19.6 Å². The van der Waals surface area contributed by atoms with E-state index in [9.17, 15) is 27.6 Å². The molecule has 80 heavy (non-hydrogen) atoms. The number of carbonyl (C=O) groups excluding carboxylic acids is 1. The second-order valence-corrected chi connectivity index (χ2v) is 21.1. The maximum absolute atomic E-state index is 13.1. The first-order valence-corrected chi connectivity index (χ1v) is 26.9. The molecule has 6 N–H and O–H groups in total. The van der Waals surface area contributed by atoms with E-state index in [4.69, 9.17) is 20.4 Å². The van der Waals surface area contributed by atoms with Gasteiger partial charge in [-0.15, -0.1) is 0 Å². The quantitative estimate of drug-likeness (QED) is 0.0579. The average Bonchev–Trinajstić information content (AvgIpc) is 3.42. The summed E-state index contributed by atoms with van der Waals surface area (Å²) in [6.07, 6.45) is 9.73. The summed E-state index contributed by atoms with van der Waals surface area (Å²) in [7, 11) is 0. The van der Waals surface area contributed by atoms with Crippen molar-refractivity contribution in [2.45, 2.75) is 110 Å². The Morgan fingerprint density at radius 2 is 1.01 bits per heavy atom. The highest BCUT2D eigenvalue weighted by Crippen LogP contribution is 2.19. The Balaban J connectivity index is 0.000000234. The van der Waals surface area contributed by atoms with Gasteiger partial charge in [0, 0.05) is 89.2 Å². The first-order valence-electron chi connectivity index (χ1n) is 26.9. The van der Waals surface area contributed by atoms with Crippen LogP contribution < -0.4 is 32.8 Å². The number of nitrogens with one attached hydrogen (secondary N) is 3. The molecular formula is C61H75F3N10O6. The van der Waals surface area contributed by atoms with Gasteiger partial charge in [0.15, 0.2) is 11.6 Å². The number of rotatable bonds is 17. The molecule has 0 atom stereocenters. The molecular weight excluding hydrogens is 1030 g/mol. The molecule has 2 saturated heterocycles. The van der Waals surface area contributed by atoms with Crippen LogP contribution in [0.5, 0.6) is 0 Å². The molecule has 0 saturated carbocycles. The number of likely N-dealkylation sites (tertiary alicyclic amines) is 2. The fourth-order valence-corrected chi connectivity index (χ4v) is 9.09. The predicted molar refractivity (Wildman–Crippen MR) is 309 cm³/mol. The third-order valence-electron chi connectivity index (χ3n) is 13.1. The molecule has 426 valence electrons. The molecule has 0 radical (unpaired) electrons. The van der Waals surface area contributed by atoms with Crippen molar-refractivity contribution in [3.63, 3.8) is 0 Å². The minimum absolute atomic E-state index is 0.0792.